The molecule has 3 aromatic carbocycles. The fraction of sp³-hybridized carbons (Fsp3) is 0.194. The molecule has 0 N–H and O–H groups in total. The van der Waals surface area contributed by atoms with E-state index < -0.39 is 5.97 Å². The third kappa shape index (κ3) is 6.29. The normalized spacial score (nSPS) is 13.1. The number of para-hydroxylation sites is 1. The van der Waals surface area contributed by atoms with Crippen molar-refractivity contribution >= 4 is 17.9 Å². The monoisotopic (exact) mass is 555 g/mol. The summed E-state index contributed by atoms with van der Waals surface area (Å²) in [5.74, 6) is 1.61. The van der Waals surface area contributed by atoms with Gasteiger partial charge in [0.15, 0.2) is 11.5 Å². The maximum Gasteiger partial charge on any atom is 0.337 e. The molecular formula is C31H29N3O7. The van der Waals surface area contributed by atoms with Gasteiger partial charge < -0.3 is 18.6 Å². The summed E-state index contributed by atoms with van der Waals surface area (Å²) >= 11 is 0. The van der Waals surface area contributed by atoms with Crippen LogP contribution in [0.25, 0.3) is 11.5 Å². The topological polar surface area (TPSA) is 104 Å². The first kappa shape index (κ1) is 27.6. The number of anilines is 1. The number of aromatic nitrogens is 1. The van der Waals surface area contributed by atoms with Gasteiger partial charge in [0.2, 0.25) is 5.89 Å². The summed E-state index contributed by atoms with van der Waals surface area (Å²) in [5.41, 5.74) is 4.03. The van der Waals surface area contributed by atoms with Gasteiger partial charge in [0.05, 0.1) is 38.6 Å². The van der Waals surface area contributed by atoms with Crippen molar-refractivity contribution in [2.24, 2.45) is 0 Å². The number of rotatable bonds is 11. The number of nitrogens with zero attached hydrogens (tertiary/aromatic N) is 3. The fourth-order valence-corrected chi connectivity index (χ4v) is 4.25. The van der Waals surface area contributed by atoms with Crippen LogP contribution in [0.15, 0.2) is 89.0 Å². The molecule has 1 aromatic heterocycles. The number of hydroxylamine groups is 1. The molecule has 0 unspecified atom stereocenters. The van der Waals surface area contributed by atoms with E-state index in [-0.39, 0.29) is 13.2 Å². The van der Waals surface area contributed by atoms with E-state index >= 15 is 0 Å². The fourth-order valence-electron chi connectivity index (χ4n) is 4.25. The van der Waals surface area contributed by atoms with Gasteiger partial charge in [0.1, 0.15) is 24.3 Å². The lowest BCUT2D eigenvalue weighted by molar-refractivity contribution is -0.160. The molecule has 10 heteroatoms. The van der Waals surface area contributed by atoms with Gasteiger partial charge in [0.25, 0.3) is 0 Å². The molecule has 0 radical (unpaired) electrons. The molecular weight excluding hydrogens is 526 g/mol. The van der Waals surface area contributed by atoms with Crippen LogP contribution in [0, 0.1) is 6.92 Å². The molecule has 0 bridgehead atoms. The lowest BCUT2D eigenvalue weighted by atomic mass is 10.1. The number of esters is 1. The van der Waals surface area contributed by atoms with Crippen molar-refractivity contribution in [1.82, 2.24) is 10.2 Å². The molecule has 1 aliphatic heterocycles. The summed E-state index contributed by atoms with van der Waals surface area (Å²) < 4.78 is 22.2. The van der Waals surface area contributed by atoms with Crippen molar-refractivity contribution in [3.8, 4) is 23.0 Å². The van der Waals surface area contributed by atoms with Gasteiger partial charge in [-0.3, -0.25) is 14.6 Å². The third-order valence-corrected chi connectivity index (χ3v) is 6.41. The molecule has 10 nitrogen and oxygen atoms in total. The maximum atomic E-state index is 11.9. The van der Waals surface area contributed by atoms with Gasteiger partial charge in [-0.2, -0.15) is 0 Å². The minimum Gasteiger partial charge on any atom is -0.493 e. The Morgan fingerprint density at radius 1 is 1.00 bits per heavy atom. The van der Waals surface area contributed by atoms with Crippen molar-refractivity contribution < 1.29 is 33.1 Å². The predicted molar refractivity (Wildman–Crippen MR) is 150 cm³/mol. The third-order valence-electron chi connectivity index (χ3n) is 6.41. The Bertz CT molecular complexity index is 1570. The highest BCUT2D eigenvalue weighted by Crippen LogP contribution is 2.31. The summed E-state index contributed by atoms with van der Waals surface area (Å²) in [5, 5.41) is 3.44. The van der Waals surface area contributed by atoms with Gasteiger partial charge in [0, 0.05) is 17.3 Å². The van der Waals surface area contributed by atoms with Crippen molar-refractivity contribution in [3.05, 3.63) is 107 Å². The van der Waals surface area contributed by atoms with E-state index in [2.05, 4.69) is 4.98 Å². The second-order valence-electron chi connectivity index (χ2n) is 9.15. The first-order chi connectivity index (χ1) is 20.0. The Hall–Kier alpha value is -4.93. The number of ether oxygens (including phenoxy) is 3. The second-order valence-corrected chi connectivity index (χ2v) is 9.15. The molecule has 4 aromatic rings. The molecule has 210 valence electrons. The van der Waals surface area contributed by atoms with E-state index in [1.54, 1.807) is 48.6 Å². The molecule has 5 rings (SSSR count). The molecule has 41 heavy (non-hydrogen) atoms. The van der Waals surface area contributed by atoms with Gasteiger partial charge in [-0.25, -0.2) is 9.78 Å². The Balaban J connectivity index is 1.24. The second kappa shape index (κ2) is 12.5. The quantitative estimate of drug-likeness (QED) is 0.179. The number of oxazole rings is 1. The number of benzene rings is 3. The van der Waals surface area contributed by atoms with Crippen LogP contribution < -0.4 is 14.5 Å². The van der Waals surface area contributed by atoms with E-state index in [0.29, 0.717) is 52.1 Å². The predicted octanol–water partition coefficient (Wildman–Crippen LogP) is 5.28. The summed E-state index contributed by atoms with van der Waals surface area (Å²) in [6.45, 7) is 2.54. The minimum absolute atomic E-state index is 0.151. The first-order valence-electron chi connectivity index (χ1n) is 12.8. The van der Waals surface area contributed by atoms with E-state index in [1.165, 1.54) is 7.11 Å². The highest BCUT2D eigenvalue weighted by atomic mass is 16.7. The van der Waals surface area contributed by atoms with E-state index in [0.717, 1.165) is 17.5 Å². The Morgan fingerprint density at radius 2 is 1.83 bits per heavy atom. The smallest absolute Gasteiger partial charge is 0.337 e. The number of hydrogen-bond acceptors (Lipinski definition) is 10. The molecule has 0 aliphatic carbocycles. The Morgan fingerprint density at radius 3 is 2.59 bits per heavy atom. The van der Waals surface area contributed by atoms with E-state index in [4.69, 9.17) is 23.5 Å². The van der Waals surface area contributed by atoms with Crippen LogP contribution in [0.1, 0.15) is 27.4 Å². The van der Waals surface area contributed by atoms with Crippen molar-refractivity contribution in [3.63, 3.8) is 0 Å². The highest BCUT2D eigenvalue weighted by Gasteiger charge is 2.24. The van der Waals surface area contributed by atoms with Crippen molar-refractivity contribution in [1.29, 1.82) is 0 Å². The summed E-state index contributed by atoms with van der Waals surface area (Å²) in [4.78, 5) is 33.9. The van der Waals surface area contributed by atoms with E-state index in [1.807, 2.05) is 54.6 Å². The number of hydrazine groups is 1. The largest absolute Gasteiger partial charge is 0.493 e. The van der Waals surface area contributed by atoms with Crippen LogP contribution in [0.2, 0.25) is 0 Å². The van der Waals surface area contributed by atoms with Gasteiger partial charge in [-0.15, -0.1) is 0 Å². The zero-order chi connectivity index (χ0) is 28.8. The molecule has 0 saturated heterocycles. The number of carbonyl (C=O) groups excluding carboxylic acids is 2. The van der Waals surface area contributed by atoms with Crippen molar-refractivity contribution in [2.75, 3.05) is 25.8 Å². The highest BCUT2D eigenvalue weighted by molar-refractivity contribution is 5.90. The molecule has 0 spiro atoms. The van der Waals surface area contributed by atoms with Crippen LogP contribution in [0.5, 0.6) is 11.5 Å². The first-order valence-corrected chi connectivity index (χ1v) is 12.8. The van der Waals surface area contributed by atoms with Crippen LogP contribution in [-0.2, 0) is 27.6 Å². The average molecular weight is 556 g/mol. The molecule has 2 heterocycles. The summed E-state index contributed by atoms with van der Waals surface area (Å²) in [6, 6.07) is 22.1. The van der Waals surface area contributed by atoms with Crippen LogP contribution in [-0.4, -0.2) is 43.2 Å². The van der Waals surface area contributed by atoms with E-state index in [9.17, 15) is 9.59 Å². The maximum absolute atomic E-state index is 11.9. The van der Waals surface area contributed by atoms with Gasteiger partial charge in [-0.1, -0.05) is 35.5 Å². The standard InChI is InChI=1S/C31H29N3O7/c1-21-27(32-30(41-21)24-8-7-9-25(15-24)31(36)38-3)20-39-28-13-12-22(14-29(28)37-2)19-40-34-17-23(18-35)16-33(34)26-10-5-4-6-11-26/h4-16,18H,17,19-20H2,1-3H3. The Kier molecular flexibility index (Phi) is 8.42. The molecule has 1 aliphatic rings. The van der Waals surface area contributed by atoms with Crippen LogP contribution in [0.4, 0.5) is 5.69 Å². The lowest BCUT2D eigenvalue weighted by Gasteiger charge is -2.27. The van der Waals surface area contributed by atoms with Crippen LogP contribution in [0.3, 0.4) is 0 Å². The van der Waals surface area contributed by atoms with Gasteiger partial charge >= 0.3 is 5.97 Å². The zero-order valence-corrected chi connectivity index (χ0v) is 22.9. The lowest BCUT2D eigenvalue weighted by Crippen LogP contribution is -2.35. The minimum atomic E-state index is -0.434. The molecule has 0 atom stereocenters. The number of aldehydes is 1. The SMILES string of the molecule is COC(=O)c1cccc(-c2nc(COc3ccc(CON4CC(C=O)=CN4c4ccccc4)cc3OC)c(C)o2)c1. The molecule has 0 saturated carbocycles. The number of hydrogen-bond donors (Lipinski definition) is 0. The summed E-state index contributed by atoms with van der Waals surface area (Å²) in [7, 11) is 2.90. The number of carbonyl (C=O) groups is 2. The van der Waals surface area contributed by atoms with Gasteiger partial charge in [-0.05, 0) is 55.0 Å². The Labute approximate surface area is 237 Å². The number of methoxy groups -OCH3 is 2. The molecule has 0 fully saturated rings. The zero-order valence-electron chi connectivity index (χ0n) is 22.9. The molecule has 0 amide bonds. The number of aryl methyl sites for hydroxylation is 1. The van der Waals surface area contributed by atoms with Crippen LogP contribution >= 0.6 is 0 Å². The average Bonchev–Trinajstić information content (AvgIpc) is 3.62. The van der Waals surface area contributed by atoms with Crippen molar-refractivity contribution in [2.45, 2.75) is 20.1 Å². The summed E-state index contributed by atoms with van der Waals surface area (Å²) in [6.07, 6.45) is 2.58.